The lowest BCUT2D eigenvalue weighted by Crippen LogP contribution is -1.95. The molecule has 4 rings (SSSR count). The molecule has 23 heavy (non-hydrogen) atoms. The molecule has 0 amide bonds. The van der Waals surface area contributed by atoms with E-state index in [-0.39, 0.29) is 11.5 Å². The molecule has 0 radical (unpaired) electrons. The molecule has 2 aliphatic heterocycles. The third-order valence-corrected chi connectivity index (χ3v) is 3.76. The van der Waals surface area contributed by atoms with Gasteiger partial charge in [-0.2, -0.15) is 0 Å². The molecule has 0 unspecified atom stereocenters. The van der Waals surface area contributed by atoms with Crippen molar-refractivity contribution in [1.29, 1.82) is 0 Å². The second-order valence-electron chi connectivity index (χ2n) is 5.10. The van der Waals surface area contributed by atoms with Crippen molar-refractivity contribution >= 4 is 11.0 Å². The summed E-state index contributed by atoms with van der Waals surface area (Å²) in [6, 6.07) is 13.8. The van der Waals surface area contributed by atoms with Gasteiger partial charge < -0.3 is 18.7 Å². The Morgan fingerprint density at radius 3 is 2.57 bits per heavy atom. The summed E-state index contributed by atoms with van der Waals surface area (Å²) in [5.74, 6) is 1.10. The summed E-state index contributed by atoms with van der Waals surface area (Å²) >= 11 is 0. The average Bonchev–Trinajstić information content (AvgIpc) is 2.89. The number of fused-ring (bicyclic) bond motifs is 2. The molecule has 2 aliphatic rings. The number of methoxy groups -OCH3 is 1. The van der Waals surface area contributed by atoms with Crippen LogP contribution in [0.15, 0.2) is 62.2 Å². The molecule has 0 spiro atoms. The highest BCUT2D eigenvalue weighted by atomic mass is 16.5. The van der Waals surface area contributed by atoms with Crippen LogP contribution in [0, 0.1) is 0 Å². The van der Waals surface area contributed by atoms with E-state index < -0.39 is 5.63 Å². The summed E-state index contributed by atoms with van der Waals surface area (Å²) in [6.07, 6.45) is 0. The summed E-state index contributed by atoms with van der Waals surface area (Å²) in [5, 5.41) is 10.4. The second-order valence-corrected chi connectivity index (χ2v) is 5.10. The number of hydrogen-bond donors (Lipinski definition) is 1. The van der Waals surface area contributed by atoms with Crippen LogP contribution in [-0.2, 0) is 0 Å². The maximum Gasteiger partial charge on any atom is 0.348 e. The summed E-state index contributed by atoms with van der Waals surface area (Å²) in [7, 11) is 1.51. The zero-order chi connectivity index (χ0) is 16.0. The highest BCUT2D eigenvalue weighted by molar-refractivity contribution is 5.93. The Balaban J connectivity index is 2.12. The minimum absolute atomic E-state index is 0.0246. The van der Waals surface area contributed by atoms with Crippen molar-refractivity contribution < 1.29 is 18.7 Å². The predicted octanol–water partition coefficient (Wildman–Crippen LogP) is 3.87. The van der Waals surface area contributed by atoms with Gasteiger partial charge in [-0.15, -0.1) is 0 Å². The van der Waals surface area contributed by atoms with Crippen molar-refractivity contribution in [3.05, 3.63) is 59.0 Å². The maximum atomic E-state index is 12.2. The van der Waals surface area contributed by atoms with Crippen LogP contribution in [0.2, 0.25) is 0 Å². The lowest BCUT2D eigenvalue weighted by molar-refractivity contribution is 0.407. The summed E-state index contributed by atoms with van der Waals surface area (Å²) in [6.45, 7) is 0. The first-order valence-electron chi connectivity index (χ1n) is 7.01. The standard InChI is InChI=1S/C18H12O5/c1-21-13-8-7-12(19)11-9-14-17(23-16(11)13)15(18(20)22-14)10-5-3-2-4-6-10/h2-9,19H,1H3. The van der Waals surface area contributed by atoms with Gasteiger partial charge in [0.25, 0.3) is 0 Å². The van der Waals surface area contributed by atoms with E-state index in [0.717, 1.165) is 0 Å². The Bertz CT molecular complexity index is 1030. The highest BCUT2D eigenvalue weighted by Crippen LogP contribution is 2.40. The molecule has 114 valence electrons. The fraction of sp³-hybridized carbons (Fsp3) is 0.0556. The van der Waals surface area contributed by atoms with Gasteiger partial charge in [0.2, 0.25) is 0 Å². The number of furan rings is 1. The van der Waals surface area contributed by atoms with E-state index >= 15 is 0 Å². The lowest BCUT2D eigenvalue weighted by Gasteiger charge is -2.08. The average molecular weight is 308 g/mol. The summed E-state index contributed by atoms with van der Waals surface area (Å²) < 4.78 is 16.4. The normalized spacial score (nSPS) is 11.2. The maximum absolute atomic E-state index is 12.2. The van der Waals surface area contributed by atoms with E-state index in [1.54, 1.807) is 12.1 Å². The number of ether oxygens (including phenoxy) is 1. The van der Waals surface area contributed by atoms with Gasteiger partial charge in [0.05, 0.1) is 12.5 Å². The number of phenolic OH excluding ortho intramolecular Hbond substituents is 1. The van der Waals surface area contributed by atoms with E-state index in [0.29, 0.717) is 33.6 Å². The number of hydrogen-bond acceptors (Lipinski definition) is 5. The molecule has 0 aromatic heterocycles. The van der Waals surface area contributed by atoms with Gasteiger partial charge in [-0.25, -0.2) is 4.79 Å². The molecule has 1 N–H and O–H groups in total. The molecule has 0 saturated heterocycles. The number of aromatic hydroxyl groups is 1. The van der Waals surface area contributed by atoms with Gasteiger partial charge in [0.15, 0.2) is 22.9 Å². The fourth-order valence-electron chi connectivity index (χ4n) is 2.67. The van der Waals surface area contributed by atoms with E-state index in [1.165, 1.54) is 13.2 Å². The molecule has 0 bridgehead atoms. The molecule has 0 saturated carbocycles. The molecular formula is C18H12O5. The minimum Gasteiger partial charge on any atom is -0.507 e. The molecule has 2 aromatic rings. The Kier molecular flexibility index (Phi) is 2.87. The highest BCUT2D eigenvalue weighted by Gasteiger charge is 2.24. The van der Waals surface area contributed by atoms with Crippen molar-refractivity contribution in [2.75, 3.05) is 7.11 Å². The molecule has 5 heteroatoms. The zero-order valence-corrected chi connectivity index (χ0v) is 12.2. The SMILES string of the molecule is COc1ccc(O)c2cc3oc(=O)c(-c4ccccc4)c-3oc12. The number of phenols is 1. The van der Waals surface area contributed by atoms with Gasteiger partial charge >= 0.3 is 5.63 Å². The van der Waals surface area contributed by atoms with Crippen molar-refractivity contribution in [2.24, 2.45) is 0 Å². The van der Waals surface area contributed by atoms with Gasteiger partial charge in [-0.05, 0) is 23.8 Å². The first-order chi connectivity index (χ1) is 11.2. The molecule has 2 heterocycles. The van der Waals surface area contributed by atoms with E-state index in [1.807, 2.05) is 30.3 Å². The monoisotopic (exact) mass is 308 g/mol. The topological polar surface area (TPSA) is 72.8 Å². The van der Waals surface area contributed by atoms with E-state index in [4.69, 9.17) is 13.6 Å². The summed E-state index contributed by atoms with van der Waals surface area (Å²) in [5.41, 5.74) is 0.938. The van der Waals surface area contributed by atoms with Gasteiger partial charge in [-0.3, -0.25) is 0 Å². The lowest BCUT2D eigenvalue weighted by atomic mass is 10.1. The second kappa shape index (κ2) is 4.91. The Morgan fingerprint density at radius 1 is 1.04 bits per heavy atom. The van der Waals surface area contributed by atoms with Crippen LogP contribution >= 0.6 is 0 Å². The first-order valence-corrected chi connectivity index (χ1v) is 7.01. The third-order valence-electron chi connectivity index (χ3n) is 3.76. The minimum atomic E-state index is -0.483. The van der Waals surface area contributed by atoms with Crippen molar-refractivity contribution in [3.63, 3.8) is 0 Å². The molecule has 0 atom stereocenters. The van der Waals surface area contributed by atoms with Crippen LogP contribution in [0.1, 0.15) is 0 Å². The largest absolute Gasteiger partial charge is 0.507 e. The van der Waals surface area contributed by atoms with E-state index in [9.17, 15) is 9.90 Å². The Morgan fingerprint density at radius 2 is 1.83 bits per heavy atom. The molecular weight excluding hydrogens is 296 g/mol. The van der Waals surface area contributed by atoms with Crippen LogP contribution in [0.3, 0.4) is 0 Å². The predicted molar refractivity (Wildman–Crippen MR) is 85.0 cm³/mol. The van der Waals surface area contributed by atoms with Crippen molar-refractivity contribution in [2.45, 2.75) is 0 Å². The van der Waals surface area contributed by atoms with Gasteiger partial charge in [0, 0.05) is 0 Å². The first kappa shape index (κ1) is 13.5. The van der Waals surface area contributed by atoms with Crippen LogP contribution in [0.5, 0.6) is 11.5 Å². The van der Waals surface area contributed by atoms with Gasteiger partial charge in [0.1, 0.15) is 11.3 Å². The Labute approximate surface area is 130 Å². The number of rotatable bonds is 2. The van der Waals surface area contributed by atoms with Crippen LogP contribution < -0.4 is 10.4 Å². The Hall–Kier alpha value is -3.21. The molecule has 5 nitrogen and oxygen atoms in total. The third kappa shape index (κ3) is 1.97. The molecule has 0 fully saturated rings. The smallest absolute Gasteiger partial charge is 0.348 e. The zero-order valence-electron chi connectivity index (χ0n) is 12.2. The summed E-state index contributed by atoms with van der Waals surface area (Å²) in [4.78, 5) is 12.2. The van der Waals surface area contributed by atoms with Crippen LogP contribution in [-0.4, -0.2) is 12.2 Å². The van der Waals surface area contributed by atoms with Crippen LogP contribution in [0.25, 0.3) is 33.6 Å². The van der Waals surface area contributed by atoms with Crippen molar-refractivity contribution in [1.82, 2.24) is 0 Å². The molecule has 2 aromatic carbocycles. The van der Waals surface area contributed by atoms with Gasteiger partial charge in [-0.1, -0.05) is 30.3 Å². The quantitative estimate of drug-likeness (QED) is 0.608. The van der Waals surface area contributed by atoms with Crippen LogP contribution in [0.4, 0.5) is 0 Å². The van der Waals surface area contributed by atoms with E-state index in [2.05, 4.69) is 0 Å². The fourth-order valence-corrected chi connectivity index (χ4v) is 2.67. The number of benzene rings is 2. The van der Waals surface area contributed by atoms with Crippen molar-refractivity contribution in [3.8, 4) is 34.1 Å². The molecule has 0 aliphatic carbocycles.